The van der Waals surface area contributed by atoms with Crippen molar-refractivity contribution >= 4 is 27.9 Å². The molecule has 0 bridgehead atoms. The summed E-state index contributed by atoms with van der Waals surface area (Å²) in [4.78, 5) is 24.1. The highest BCUT2D eigenvalue weighted by Gasteiger charge is 2.48. The molecule has 0 radical (unpaired) electrons. The molecule has 2 aromatic carbocycles. The molecule has 7 heteroatoms. The Kier molecular flexibility index (Phi) is 4.44. The molecule has 1 aliphatic rings. The fourth-order valence-corrected chi connectivity index (χ4v) is 2.90. The first kappa shape index (κ1) is 16.3. The second kappa shape index (κ2) is 6.52. The summed E-state index contributed by atoms with van der Waals surface area (Å²) in [7, 11) is 1.58. The van der Waals surface area contributed by atoms with E-state index in [0.717, 1.165) is 4.47 Å². The number of benzene rings is 2. The number of rotatable bonds is 5. The van der Waals surface area contributed by atoms with Crippen LogP contribution in [-0.4, -0.2) is 25.7 Å². The van der Waals surface area contributed by atoms with Crippen molar-refractivity contribution in [1.29, 1.82) is 0 Å². The average molecular weight is 391 g/mol. The van der Waals surface area contributed by atoms with Crippen molar-refractivity contribution in [2.75, 3.05) is 13.7 Å². The predicted octanol–water partition coefficient (Wildman–Crippen LogP) is 2.57. The molecule has 1 heterocycles. The van der Waals surface area contributed by atoms with Crippen molar-refractivity contribution in [2.45, 2.75) is 5.54 Å². The van der Waals surface area contributed by atoms with Crippen LogP contribution in [-0.2, 0) is 10.3 Å². The molecule has 2 N–H and O–H groups in total. The molecule has 24 heavy (non-hydrogen) atoms. The number of hydrogen-bond acceptors (Lipinski definition) is 4. The van der Waals surface area contributed by atoms with E-state index in [0.29, 0.717) is 17.1 Å². The quantitative estimate of drug-likeness (QED) is 0.769. The van der Waals surface area contributed by atoms with Crippen molar-refractivity contribution in [2.24, 2.45) is 0 Å². The summed E-state index contributed by atoms with van der Waals surface area (Å²) in [6, 6.07) is 13.6. The summed E-state index contributed by atoms with van der Waals surface area (Å²) in [5.74, 6) is 0.828. The Balaban J connectivity index is 1.88. The number of carbonyl (C=O) groups excluding carboxylic acids is 2. The van der Waals surface area contributed by atoms with Crippen LogP contribution >= 0.6 is 15.9 Å². The van der Waals surface area contributed by atoms with Gasteiger partial charge < -0.3 is 14.8 Å². The van der Waals surface area contributed by atoms with Gasteiger partial charge in [-0.1, -0.05) is 28.1 Å². The molecule has 0 spiro atoms. The van der Waals surface area contributed by atoms with Crippen LogP contribution in [0.5, 0.6) is 11.5 Å². The van der Waals surface area contributed by atoms with Crippen LogP contribution in [0.4, 0.5) is 4.79 Å². The molecular weight excluding hydrogens is 376 g/mol. The summed E-state index contributed by atoms with van der Waals surface area (Å²) >= 11 is 3.38. The monoisotopic (exact) mass is 390 g/mol. The van der Waals surface area contributed by atoms with E-state index in [1.54, 1.807) is 49.6 Å². The summed E-state index contributed by atoms with van der Waals surface area (Å²) in [5, 5.41) is 4.96. The zero-order valence-electron chi connectivity index (χ0n) is 12.8. The third-order valence-corrected chi connectivity index (χ3v) is 4.27. The van der Waals surface area contributed by atoms with E-state index in [2.05, 4.69) is 26.6 Å². The van der Waals surface area contributed by atoms with Crippen molar-refractivity contribution in [3.8, 4) is 11.5 Å². The Morgan fingerprint density at radius 1 is 1.08 bits per heavy atom. The van der Waals surface area contributed by atoms with Gasteiger partial charge >= 0.3 is 6.03 Å². The van der Waals surface area contributed by atoms with E-state index >= 15 is 0 Å². The summed E-state index contributed by atoms with van der Waals surface area (Å²) < 4.78 is 11.7. The minimum absolute atomic E-state index is 0.0344. The van der Waals surface area contributed by atoms with Gasteiger partial charge in [0.25, 0.3) is 5.91 Å². The first-order valence-corrected chi connectivity index (χ1v) is 7.99. The molecule has 1 fully saturated rings. The maximum Gasteiger partial charge on any atom is 0.322 e. The molecule has 1 aliphatic heterocycles. The number of methoxy groups -OCH3 is 1. The van der Waals surface area contributed by atoms with E-state index in [-0.39, 0.29) is 6.61 Å². The van der Waals surface area contributed by atoms with Crippen LogP contribution in [0.1, 0.15) is 5.56 Å². The third-order valence-electron chi connectivity index (χ3n) is 3.77. The Bertz CT molecular complexity index is 778. The van der Waals surface area contributed by atoms with Gasteiger partial charge in [-0.25, -0.2) is 4.79 Å². The van der Waals surface area contributed by atoms with Gasteiger partial charge in [0.05, 0.1) is 7.11 Å². The van der Waals surface area contributed by atoms with Crippen molar-refractivity contribution < 1.29 is 19.1 Å². The number of hydrogen-bond donors (Lipinski definition) is 2. The minimum atomic E-state index is -1.28. The minimum Gasteiger partial charge on any atom is -0.497 e. The SMILES string of the molecule is COc1ccc(OCC2(c3cccc(Br)c3)NC(=O)NC2=O)cc1. The Hall–Kier alpha value is -2.54. The Labute approximate surface area is 147 Å². The molecular formula is C17H15BrN2O4. The highest BCUT2D eigenvalue weighted by Crippen LogP contribution is 2.29. The lowest BCUT2D eigenvalue weighted by Crippen LogP contribution is -2.48. The summed E-state index contributed by atoms with van der Waals surface area (Å²) in [6.07, 6.45) is 0. The highest BCUT2D eigenvalue weighted by molar-refractivity contribution is 9.10. The number of imide groups is 1. The summed E-state index contributed by atoms with van der Waals surface area (Å²) in [5.41, 5.74) is -0.644. The topological polar surface area (TPSA) is 76.7 Å². The first-order valence-electron chi connectivity index (χ1n) is 7.20. The van der Waals surface area contributed by atoms with Crippen LogP contribution in [0.3, 0.4) is 0 Å². The van der Waals surface area contributed by atoms with E-state index in [9.17, 15) is 9.59 Å². The fourth-order valence-electron chi connectivity index (χ4n) is 2.50. The van der Waals surface area contributed by atoms with E-state index < -0.39 is 17.5 Å². The first-order chi connectivity index (χ1) is 11.5. The van der Waals surface area contributed by atoms with Crippen LogP contribution in [0.15, 0.2) is 53.0 Å². The second-order valence-corrected chi connectivity index (χ2v) is 6.20. The maximum absolute atomic E-state index is 12.4. The lowest BCUT2D eigenvalue weighted by atomic mass is 9.91. The number of carbonyl (C=O) groups is 2. The van der Waals surface area contributed by atoms with Crippen LogP contribution in [0.25, 0.3) is 0 Å². The largest absolute Gasteiger partial charge is 0.497 e. The number of amides is 3. The number of halogens is 1. The van der Waals surface area contributed by atoms with E-state index in [1.165, 1.54) is 0 Å². The number of urea groups is 1. The van der Waals surface area contributed by atoms with Crippen LogP contribution in [0, 0.1) is 0 Å². The molecule has 1 unspecified atom stereocenters. The Morgan fingerprint density at radius 3 is 2.38 bits per heavy atom. The second-order valence-electron chi connectivity index (χ2n) is 5.29. The highest BCUT2D eigenvalue weighted by atomic mass is 79.9. The van der Waals surface area contributed by atoms with Crippen molar-refractivity contribution in [1.82, 2.24) is 10.6 Å². The molecule has 124 valence electrons. The van der Waals surface area contributed by atoms with Gasteiger partial charge in [0.1, 0.15) is 18.1 Å². The van der Waals surface area contributed by atoms with Crippen molar-refractivity contribution in [3.05, 3.63) is 58.6 Å². The zero-order valence-corrected chi connectivity index (χ0v) is 14.4. The van der Waals surface area contributed by atoms with Gasteiger partial charge in [0.2, 0.25) is 0 Å². The molecule has 0 aromatic heterocycles. The number of nitrogens with one attached hydrogen (secondary N) is 2. The molecule has 0 aliphatic carbocycles. The number of ether oxygens (including phenoxy) is 2. The molecule has 3 rings (SSSR count). The molecule has 6 nitrogen and oxygen atoms in total. The van der Waals surface area contributed by atoms with Crippen molar-refractivity contribution in [3.63, 3.8) is 0 Å². The normalized spacial score (nSPS) is 19.6. The van der Waals surface area contributed by atoms with Crippen LogP contribution < -0.4 is 20.1 Å². The molecule has 3 amide bonds. The predicted molar refractivity (Wildman–Crippen MR) is 91.0 cm³/mol. The third kappa shape index (κ3) is 3.07. The molecule has 0 saturated carbocycles. The van der Waals surface area contributed by atoms with E-state index in [4.69, 9.17) is 9.47 Å². The van der Waals surface area contributed by atoms with Gasteiger partial charge in [-0.3, -0.25) is 10.1 Å². The zero-order chi connectivity index (χ0) is 17.2. The molecule has 1 saturated heterocycles. The Morgan fingerprint density at radius 2 is 1.79 bits per heavy atom. The summed E-state index contributed by atoms with van der Waals surface area (Å²) in [6.45, 7) is -0.0344. The lowest BCUT2D eigenvalue weighted by Gasteiger charge is -2.26. The van der Waals surface area contributed by atoms with Crippen LogP contribution in [0.2, 0.25) is 0 Å². The van der Waals surface area contributed by atoms with E-state index in [1.807, 2.05) is 6.07 Å². The smallest absolute Gasteiger partial charge is 0.322 e. The molecule has 1 atom stereocenters. The lowest BCUT2D eigenvalue weighted by molar-refractivity contribution is -0.125. The fraction of sp³-hybridized carbons (Fsp3) is 0.176. The van der Waals surface area contributed by atoms with Gasteiger partial charge in [0, 0.05) is 4.47 Å². The molecule has 2 aromatic rings. The average Bonchev–Trinajstić information content (AvgIpc) is 2.88. The van der Waals surface area contributed by atoms with Gasteiger partial charge in [-0.2, -0.15) is 0 Å². The van der Waals surface area contributed by atoms with Gasteiger partial charge in [-0.05, 0) is 42.0 Å². The maximum atomic E-state index is 12.4. The van der Waals surface area contributed by atoms with Gasteiger partial charge in [-0.15, -0.1) is 0 Å². The van der Waals surface area contributed by atoms with Gasteiger partial charge in [0.15, 0.2) is 5.54 Å². The standard InChI is InChI=1S/C17H15BrN2O4/c1-23-13-5-7-14(8-6-13)24-10-17(15(21)19-16(22)20-17)11-3-2-4-12(18)9-11/h2-9H,10H2,1H3,(H2,19,20,21,22).